The number of rotatable bonds is 6. The number of pyridine rings is 1. The highest BCUT2D eigenvalue weighted by molar-refractivity contribution is 6.03. The van der Waals surface area contributed by atoms with E-state index in [-0.39, 0.29) is 29.0 Å². The number of carbonyl (C=O) groups excluding carboxylic acids is 2. The number of carbonyl (C=O) groups is 2. The first-order chi connectivity index (χ1) is 17.5. The van der Waals surface area contributed by atoms with Crippen LogP contribution in [0.5, 0.6) is 0 Å². The van der Waals surface area contributed by atoms with Gasteiger partial charge in [-0.25, -0.2) is 9.37 Å². The molecule has 0 unspecified atom stereocenters. The standard InChI is InChI=1S/C25H22FN7O3/c1-2-22(34)33-12-4-5-16(14-33)25-30-23(32-36-25)15-8-9-18(17(26)13-15)29-24(35)21-7-3-6-19(28-21)20-10-11-27-31-20/h2-3,6-11,13,16H,1,4-5,12,14H2,(H,27,31)(H,29,35)/t16-/m0/s1. The van der Waals surface area contributed by atoms with Crippen LogP contribution in [-0.4, -0.2) is 55.1 Å². The Bertz CT molecular complexity index is 1420. The summed E-state index contributed by atoms with van der Waals surface area (Å²) in [7, 11) is 0. The molecule has 5 rings (SSSR count). The summed E-state index contributed by atoms with van der Waals surface area (Å²) in [5.41, 5.74) is 1.72. The third-order valence-corrected chi connectivity index (χ3v) is 5.93. The topological polar surface area (TPSA) is 130 Å². The van der Waals surface area contributed by atoms with Gasteiger partial charge in [0.25, 0.3) is 5.91 Å². The maximum atomic E-state index is 14.9. The Morgan fingerprint density at radius 3 is 2.89 bits per heavy atom. The van der Waals surface area contributed by atoms with Crippen LogP contribution in [0.25, 0.3) is 22.8 Å². The Morgan fingerprint density at radius 1 is 1.22 bits per heavy atom. The number of likely N-dealkylation sites (tertiary alicyclic amines) is 1. The monoisotopic (exact) mass is 487 g/mol. The maximum absolute atomic E-state index is 14.9. The predicted octanol–water partition coefficient (Wildman–Crippen LogP) is 3.81. The number of nitrogens with one attached hydrogen (secondary N) is 2. The molecule has 0 spiro atoms. The second-order valence-corrected chi connectivity index (χ2v) is 8.31. The van der Waals surface area contributed by atoms with Crippen molar-refractivity contribution in [2.45, 2.75) is 18.8 Å². The van der Waals surface area contributed by atoms with Crippen LogP contribution >= 0.6 is 0 Å². The summed E-state index contributed by atoms with van der Waals surface area (Å²) >= 11 is 0. The van der Waals surface area contributed by atoms with Crippen LogP contribution in [0.3, 0.4) is 0 Å². The second kappa shape index (κ2) is 9.90. The first-order valence-electron chi connectivity index (χ1n) is 11.3. The van der Waals surface area contributed by atoms with Gasteiger partial charge in [0.15, 0.2) is 0 Å². The van der Waals surface area contributed by atoms with Gasteiger partial charge in [0.1, 0.15) is 11.5 Å². The molecule has 2 amide bonds. The molecule has 0 aliphatic carbocycles. The molecule has 2 N–H and O–H groups in total. The minimum Gasteiger partial charge on any atom is -0.339 e. The molecular formula is C25H22FN7O3. The van der Waals surface area contributed by atoms with Gasteiger partial charge in [-0.1, -0.05) is 17.8 Å². The zero-order valence-electron chi connectivity index (χ0n) is 19.1. The van der Waals surface area contributed by atoms with Crippen molar-refractivity contribution in [3.05, 3.63) is 78.7 Å². The number of anilines is 1. The van der Waals surface area contributed by atoms with Gasteiger partial charge in [-0.05, 0) is 55.3 Å². The molecule has 0 bridgehead atoms. The highest BCUT2D eigenvalue weighted by atomic mass is 19.1. The van der Waals surface area contributed by atoms with E-state index in [1.807, 2.05) is 0 Å². The average Bonchev–Trinajstić information content (AvgIpc) is 3.63. The lowest BCUT2D eigenvalue weighted by molar-refractivity contribution is -0.127. The van der Waals surface area contributed by atoms with Gasteiger partial charge in [0.2, 0.25) is 17.6 Å². The Labute approximate surface area is 205 Å². The number of amides is 2. The fourth-order valence-corrected chi connectivity index (χ4v) is 4.08. The van der Waals surface area contributed by atoms with Crippen LogP contribution in [0.15, 0.2) is 65.8 Å². The first kappa shape index (κ1) is 23.1. The average molecular weight is 487 g/mol. The molecule has 10 nitrogen and oxygen atoms in total. The normalized spacial score (nSPS) is 15.5. The molecule has 1 atom stereocenters. The van der Waals surface area contributed by atoms with Crippen molar-refractivity contribution >= 4 is 17.5 Å². The van der Waals surface area contributed by atoms with E-state index in [4.69, 9.17) is 4.52 Å². The van der Waals surface area contributed by atoms with Gasteiger partial charge in [0, 0.05) is 24.8 Å². The van der Waals surface area contributed by atoms with Gasteiger partial charge in [-0.3, -0.25) is 14.7 Å². The van der Waals surface area contributed by atoms with Crippen LogP contribution < -0.4 is 5.32 Å². The van der Waals surface area contributed by atoms with Crippen molar-refractivity contribution in [3.63, 3.8) is 0 Å². The lowest BCUT2D eigenvalue weighted by atomic mass is 9.98. The number of H-pyrrole nitrogens is 1. The predicted molar refractivity (Wildman–Crippen MR) is 128 cm³/mol. The SMILES string of the molecule is C=CC(=O)N1CCC[C@H](c2nc(-c3ccc(NC(=O)c4cccc(-c5ccn[nH]5)n4)c(F)c3)no2)C1. The summed E-state index contributed by atoms with van der Waals surface area (Å²) in [5, 5.41) is 13.2. The summed E-state index contributed by atoms with van der Waals surface area (Å²) in [6.07, 6.45) is 4.49. The number of hydrogen-bond donors (Lipinski definition) is 2. The molecule has 1 saturated heterocycles. The van der Waals surface area contributed by atoms with Gasteiger partial charge in [-0.15, -0.1) is 0 Å². The number of aromatic amines is 1. The molecule has 1 aromatic carbocycles. The van der Waals surface area contributed by atoms with E-state index in [1.165, 1.54) is 24.3 Å². The zero-order valence-corrected chi connectivity index (χ0v) is 19.1. The van der Waals surface area contributed by atoms with Crippen molar-refractivity contribution < 1.29 is 18.5 Å². The molecule has 3 aromatic heterocycles. The van der Waals surface area contributed by atoms with Crippen molar-refractivity contribution in [2.75, 3.05) is 18.4 Å². The lowest BCUT2D eigenvalue weighted by Crippen LogP contribution is -2.38. The fraction of sp³-hybridized carbons (Fsp3) is 0.200. The third-order valence-electron chi connectivity index (χ3n) is 5.93. The third kappa shape index (κ3) is 4.76. The minimum atomic E-state index is -0.655. The number of aromatic nitrogens is 5. The number of halogens is 1. The molecule has 1 fully saturated rings. The quantitative estimate of drug-likeness (QED) is 0.396. The molecule has 1 aliphatic heterocycles. The van der Waals surface area contributed by atoms with E-state index in [9.17, 15) is 14.0 Å². The Hall–Kier alpha value is -4.67. The maximum Gasteiger partial charge on any atom is 0.274 e. The molecule has 0 saturated carbocycles. The fourth-order valence-electron chi connectivity index (χ4n) is 4.08. The summed E-state index contributed by atoms with van der Waals surface area (Å²) in [5.74, 6) is -0.826. The Morgan fingerprint density at radius 2 is 2.11 bits per heavy atom. The first-order valence-corrected chi connectivity index (χ1v) is 11.3. The second-order valence-electron chi connectivity index (χ2n) is 8.31. The summed E-state index contributed by atoms with van der Waals surface area (Å²) < 4.78 is 20.3. The van der Waals surface area contributed by atoms with Gasteiger partial charge >= 0.3 is 0 Å². The van der Waals surface area contributed by atoms with Crippen LogP contribution in [0, 0.1) is 5.82 Å². The van der Waals surface area contributed by atoms with E-state index < -0.39 is 11.7 Å². The number of piperidine rings is 1. The van der Waals surface area contributed by atoms with Crippen LogP contribution in [-0.2, 0) is 4.79 Å². The number of benzene rings is 1. The van der Waals surface area contributed by atoms with Gasteiger partial charge < -0.3 is 14.7 Å². The van der Waals surface area contributed by atoms with Gasteiger partial charge in [0.05, 0.1) is 23.0 Å². The molecule has 1 aliphatic rings. The molecule has 4 heterocycles. The van der Waals surface area contributed by atoms with E-state index in [1.54, 1.807) is 35.4 Å². The molecular weight excluding hydrogens is 465 g/mol. The molecule has 36 heavy (non-hydrogen) atoms. The largest absolute Gasteiger partial charge is 0.339 e. The summed E-state index contributed by atoms with van der Waals surface area (Å²) in [6, 6.07) is 10.9. The zero-order chi connectivity index (χ0) is 25.1. The Kier molecular flexibility index (Phi) is 6.35. The van der Waals surface area contributed by atoms with E-state index in [0.29, 0.717) is 35.9 Å². The van der Waals surface area contributed by atoms with Crippen LogP contribution in [0.4, 0.5) is 10.1 Å². The Balaban J connectivity index is 1.29. The molecule has 0 radical (unpaired) electrons. The molecule has 4 aromatic rings. The smallest absolute Gasteiger partial charge is 0.274 e. The minimum absolute atomic E-state index is 0.00734. The molecule has 182 valence electrons. The van der Waals surface area contributed by atoms with Crippen molar-refractivity contribution in [3.8, 4) is 22.8 Å². The van der Waals surface area contributed by atoms with Crippen molar-refractivity contribution in [1.29, 1.82) is 0 Å². The number of hydrogen-bond acceptors (Lipinski definition) is 7. The van der Waals surface area contributed by atoms with Crippen LogP contribution in [0.1, 0.15) is 35.1 Å². The highest BCUT2D eigenvalue weighted by Crippen LogP contribution is 2.29. The summed E-state index contributed by atoms with van der Waals surface area (Å²) in [4.78, 5) is 35.0. The van der Waals surface area contributed by atoms with Crippen LogP contribution in [0.2, 0.25) is 0 Å². The van der Waals surface area contributed by atoms with E-state index in [0.717, 1.165) is 12.8 Å². The van der Waals surface area contributed by atoms with Crippen molar-refractivity contribution in [1.82, 2.24) is 30.2 Å². The summed E-state index contributed by atoms with van der Waals surface area (Å²) in [6.45, 7) is 4.65. The van der Waals surface area contributed by atoms with Gasteiger partial charge in [-0.2, -0.15) is 10.1 Å². The molecule has 11 heteroatoms. The van der Waals surface area contributed by atoms with E-state index >= 15 is 0 Å². The lowest BCUT2D eigenvalue weighted by Gasteiger charge is -2.30. The number of nitrogens with zero attached hydrogens (tertiary/aromatic N) is 5. The van der Waals surface area contributed by atoms with E-state index in [2.05, 4.69) is 37.2 Å². The van der Waals surface area contributed by atoms with Crippen molar-refractivity contribution in [2.24, 2.45) is 0 Å². The highest BCUT2D eigenvalue weighted by Gasteiger charge is 2.28.